The molecule has 0 spiro atoms. The molecule has 2 aromatic rings. The number of pyridine rings is 1. The van der Waals surface area contributed by atoms with Gasteiger partial charge < -0.3 is 24.0 Å². The molecule has 0 saturated carbocycles. The molecule has 3 heterocycles. The lowest BCUT2D eigenvalue weighted by atomic mass is 9.92. The average molecular weight is 478 g/mol. The van der Waals surface area contributed by atoms with Gasteiger partial charge in [0.1, 0.15) is 17.5 Å². The van der Waals surface area contributed by atoms with Gasteiger partial charge in [0.2, 0.25) is 0 Å². The minimum Gasteiger partial charge on any atom is -0.467 e. The van der Waals surface area contributed by atoms with Crippen molar-refractivity contribution in [2.45, 2.75) is 31.5 Å². The predicted molar refractivity (Wildman–Crippen MR) is 129 cm³/mol. The molecule has 2 aliphatic rings. The molecule has 34 heavy (non-hydrogen) atoms. The third-order valence-corrected chi connectivity index (χ3v) is 7.16. The number of ether oxygens (including phenoxy) is 1. The number of piperazine rings is 1. The molecule has 0 bridgehead atoms. The number of hydrogen-bond acceptors (Lipinski definition) is 7. The van der Waals surface area contributed by atoms with Crippen LogP contribution in [-0.2, 0) is 16.6 Å². The fraction of sp³-hybridized carbons (Fsp3) is 0.583. The smallest absolute Gasteiger partial charge is 0.330 e. The van der Waals surface area contributed by atoms with E-state index in [4.69, 9.17) is 4.74 Å². The second-order valence-corrected chi connectivity index (χ2v) is 9.67. The fourth-order valence-electron chi connectivity index (χ4n) is 5.35. The lowest BCUT2D eigenvalue weighted by molar-refractivity contribution is -0.143. The topological polar surface area (TPSA) is 61.3 Å². The number of hydrogen-bond donors (Lipinski definition) is 0. The first-order chi connectivity index (χ1) is 16.1. The predicted octanol–water partition coefficient (Wildman–Crippen LogP) is 1.64. The first kappa shape index (κ1) is 24.4. The van der Waals surface area contributed by atoms with Gasteiger partial charge in [-0.1, -0.05) is 0 Å². The maximum atomic E-state index is 14.9. The van der Waals surface area contributed by atoms with E-state index in [1.165, 1.54) is 24.8 Å². The molecule has 3 unspecified atom stereocenters. The number of carbonyl (C=O) groups is 1. The number of aryl methyl sites for hydroxylation is 1. The number of esters is 1. The largest absolute Gasteiger partial charge is 0.467 e. The Morgan fingerprint density at radius 2 is 1.88 bits per heavy atom. The van der Waals surface area contributed by atoms with Crippen LogP contribution in [0.15, 0.2) is 16.9 Å². The quantitative estimate of drug-likeness (QED) is 0.607. The lowest BCUT2D eigenvalue weighted by Gasteiger charge is -2.54. The molecule has 1 aromatic heterocycles. The van der Waals surface area contributed by atoms with Crippen molar-refractivity contribution in [3.8, 4) is 0 Å². The number of nitrogens with zero attached hydrogens (tertiary/aromatic N) is 5. The molecule has 0 aliphatic carbocycles. The Bertz CT molecular complexity index is 1170. The summed E-state index contributed by atoms with van der Waals surface area (Å²) in [5.74, 6) is -1.93. The van der Waals surface area contributed by atoms with Crippen molar-refractivity contribution in [1.82, 2.24) is 14.4 Å². The third kappa shape index (κ3) is 3.92. The van der Waals surface area contributed by atoms with Crippen molar-refractivity contribution in [2.24, 2.45) is 7.05 Å². The van der Waals surface area contributed by atoms with E-state index in [1.54, 1.807) is 4.90 Å². The van der Waals surface area contributed by atoms with Crippen LogP contribution in [0.1, 0.15) is 13.3 Å². The molecule has 10 heteroatoms. The highest BCUT2D eigenvalue weighted by molar-refractivity contribution is 6.02. The SMILES string of the molecule is COC(=O)C1C2CN(C)C(C)CN2c2c(c(=O)n(C)c3c(F)cc(F)cc23)N1CCCN(C)C. The van der Waals surface area contributed by atoms with Gasteiger partial charge in [0.15, 0.2) is 5.82 Å². The molecule has 1 fully saturated rings. The van der Waals surface area contributed by atoms with Crippen LogP contribution in [0.2, 0.25) is 0 Å². The van der Waals surface area contributed by atoms with Crippen molar-refractivity contribution in [3.05, 3.63) is 34.1 Å². The van der Waals surface area contributed by atoms with Crippen LogP contribution in [0.25, 0.3) is 10.9 Å². The summed E-state index contributed by atoms with van der Waals surface area (Å²) in [4.78, 5) is 34.8. The molecule has 3 atom stereocenters. The fourth-order valence-corrected chi connectivity index (χ4v) is 5.35. The van der Waals surface area contributed by atoms with E-state index >= 15 is 0 Å². The van der Waals surface area contributed by atoms with Crippen LogP contribution >= 0.6 is 0 Å². The zero-order valence-electron chi connectivity index (χ0n) is 20.6. The highest BCUT2D eigenvalue weighted by Gasteiger charge is 2.49. The summed E-state index contributed by atoms with van der Waals surface area (Å²) in [6.07, 6.45) is 0.692. The molecule has 0 radical (unpaired) electrons. The Morgan fingerprint density at radius 1 is 1.18 bits per heavy atom. The summed E-state index contributed by atoms with van der Waals surface area (Å²) < 4.78 is 35.8. The van der Waals surface area contributed by atoms with E-state index in [2.05, 4.69) is 11.8 Å². The Morgan fingerprint density at radius 3 is 2.53 bits per heavy atom. The van der Waals surface area contributed by atoms with E-state index < -0.39 is 29.2 Å². The van der Waals surface area contributed by atoms with Gasteiger partial charge in [-0.05, 0) is 47.1 Å². The van der Waals surface area contributed by atoms with Crippen molar-refractivity contribution >= 4 is 28.2 Å². The first-order valence-electron chi connectivity index (χ1n) is 11.5. The Labute approximate surface area is 198 Å². The number of methoxy groups -OCH3 is 1. The van der Waals surface area contributed by atoms with Gasteiger partial charge in [-0.25, -0.2) is 13.6 Å². The zero-order valence-corrected chi connectivity index (χ0v) is 20.6. The maximum Gasteiger partial charge on any atom is 0.330 e. The summed E-state index contributed by atoms with van der Waals surface area (Å²) in [7, 11) is 8.73. The average Bonchev–Trinajstić information content (AvgIpc) is 2.76. The van der Waals surface area contributed by atoms with Gasteiger partial charge in [-0.15, -0.1) is 0 Å². The van der Waals surface area contributed by atoms with Crippen molar-refractivity contribution in [1.29, 1.82) is 0 Å². The van der Waals surface area contributed by atoms with Crippen molar-refractivity contribution in [2.75, 3.05) is 64.2 Å². The second-order valence-electron chi connectivity index (χ2n) is 9.67. The van der Waals surface area contributed by atoms with E-state index in [0.717, 1.165) is 12.6 Å². The number of rotatable bonds is 5. The molecule has 1 saturated heterocycles. The highest BCUT2D eigenvalue weighted by Crippen LogP contribution is 2.43. The zero-order chi connectivity index (χ0) is 24.9. The molecule has 186 valence electrons. The lowest BCUT2D eigenvalue weighted by Crippen LogP contribution is -2.69. The van der Waals surface area contributed by atoms with Gasteiger partial charge >= 0.3 is 5.97 Å². The van der Waals surface area contributed by atoms with Crippen molar-refractivity contribution < 1.29 is 18.3 Å². The number of carbonyl (C=O) groups excluding carboxylic acids is 1. The van der Waals surface area contributed by atoms with Crippen LogP contribution in [0, 0.1) is 11.6 Å². The van der Waals surface area contributed by atoms with E-state index in [0.29, 0.717) is 42.8 Å². The van der Waals surface area contributed by atoms with E-state index in [9.17, 15) is 18.4 Å². The molecular formula is C24H33F2N5O3. The molecule has 4 rings (SSSR count). The summed E-state index contributed by atoms with van der Waals surface area (Å²) in [6.45, 7) is 4.28. The summed E-state index contributed by atoms with van der Waals surface area (Å²) in [6, 6.07) is 1.13. The van der Waals surface area contributed by atoms with Gasteiger partial charge in [0, 0.05) is 44.2 Å². The third-order valence-electron chi connectivity index (χ3n) is 7.16. The van der Waals surface area contributed by atoms with Crippen LogP contribution in [-0.4, -0.2) is 92.9 Å². The maximum absolute atomic E-state index is 14.9. The van der Waals surface area contributed by atoms with E-state index in [1.807, 2.05) is 30.9 Å². The van der Waals surface area contributed by atoms with Gasteiger partial charge in [-0.2, -0.15) is 0 Å². The standard InChI is InChI=1S/C24H33F2N5O3/c1-14-12-31-18(13-28(14)4)21(24(33)34-6)30(9-7-8-27(2)3)22-20(31)16-10-15(25)11-17(26)19(16)29(5)23(22)32/h10-11,14,18,21H,7-9,12-13H2,1-6H3. The summed E-state index contributed by atoms with van der Waals surface area (Å²) >= 11 is 0. The van der Waals surface area contributed by atoms with Crippen LogP contribution in [0.4, 0.5) is 20.2 Å². The van der Waals surface area contributed by atoms with Gasteiger partial charge in [-0.3, -0.25) is 9.69 Å². The van der Waals surface area contributed by atoms with Crippen LogP contribution in [0.3, 0.4) is 0 Å². The number of halogens is 2. The molecule has 8 nitrogen and oxygen atoms in total. The number of benzene rings is 1. The van der Waals surface area contributed by atoms with Crippen LogP contribution in [0.5, 0.6) is 0 Å². The number of fused-ring (bicyclic) bond motifs is 5. The first-order valence-corrected chi connectivity index (χ1v) is 11.5. The Hall–Kier alpha value is -2.72. The normalized spacial score (nSPS) is 22.8. The minimum atomic E-state index is -0.787. The Balaban J connectivity index is 2.03. The highest BCUT2D eigenvalue weighted by atomic mass is 19.1. The van der Waals surface area contributed by atoms with Crippen molar-refractivity contribution in [3.63, 3.8) is 0 Å². The summed E-state index contributed by atoms with van der Waals surface area (Å²) in [5.41, 5.74) is 0.422. The number of likely N-dealkylation sites (N-methyl/N-ethyl adjacent to an activating group) is 1. The summed E-state index contributed by atoms with van der Waals surface area (Å²) in [5, 5.41) is 0.331. The van der Waals surface area contributed by atoms with Gasteiger partial charge in [0.25, 0.3) is 5.56 Å². The number of anilines is 2. The Kier molecular flexibility index (Phi) is 6.56. The monoisotopic (exact) mass is 477 g/mol. The molecule has 2 aliphatic heterocycles. The molecular weight excluding hydrogens is 444 g/mol. The molecule has 1 aromatic carbocycles. The molecule has 0 amide bonds. The molecule has 0 N–H and O–H groups in total. The second kappa shape index (κ2) is 9.14. The number of aromatic nitrogens is 1. The van der Waals surface area contributed by atoms with E-state index in [-0.39, 0.29) is 17.6 Å². The van der Waals surface area contributed by atoms with Gasteiger partial charge in [0.05, 0.1) is 24.4 Å². The minimum absolute atomic E-state index is 0.0558. The van der Waals surface area contributed by atoms with Crippen LogP contribution < -0.4 is 15.4 Å².